The Bertz CT molecular complexity index is 659. The second kappa shape index (κ2) is 5.32. The Hall–Kier alpha value is -1.75. The van der Waals surface area contributed by atoms with E-state index < -0.39 is 12.0 Å². The van der Waals surface area contributed by atoms with E-state index in [0.717, 1.165) is 34.6 Å². The predicted octanol–water partition coefficient (Wildman–Crippen LogP) is 2.55. The van der Waals surface area contributed by atoms with Crippen LogP contribution in [0.4, 0.5) is 5.82 Å². The quantitative estimate of drug-likeness (QED) is 0.920. The van der Waals surface area contributed by atoms with E-state index in [2.05, 4.69) is 11.1 Å². The summed E-state index contributed by atoms with van der Waals surface area (Å²) in [5, 5.41) is 10.5. The predicted molar refractivity (Wildman–Crippen MR) is 82.6 cm³/mol. The van der Waals surface area contributed by atoms with Gasteiger partial charge in [0.2, 0.25) is 0 Å². The monoisotopic (exact) mass is 288 g/mol. The van der Waals surface area contributed by atoms with Crippen molar-refractivity contribution in [3.63, 3.8) is 0 Å². The number of para-hydroxylation sites is 1. The lowest BCUT2D eigenvalue weighted by atomic mass is 10.1. The van der Waals surface area contributed by atoms with Crippen LogP contribution in [0.15, 0.2) is 30.3 Å². The first-order valence-electron chi connectivity index (χ1n) is 6.60. The Kier molecular flexibility index (Phi) is 3.53. The van der Waals surface area contributed by atoms with Gasteiger partial charge in [0.1, 0.15) is 11.9 Å². The van der Waals surface area contributed by atoms with Crippen LogP contribution in [0.5, 0.6) is 0 Å². The molecule has 0 spiro atoms. The third-order valence-electron chi connectivity index (χ3n) is 3.57. The molecule has 5 heteroatoms. The Morgan fingerprint density at radius 1 is 1.45 bits per heavy atom. The Balaban J connectivity index is 2.07. The van der Waals surface area contributed by atoms with Crippen LogP contribution in [0.3, 0.4) is 0 Å². The fraction of sp³-hybridized carbons (Fsp3) is 0.333. The first-order chi connectivity index (χ1) is 9.66. The maximum atomic E-state index is 11.4. The standard InChI is InChI=1S/C15H16N2O2S/c1-10-8-11-4-2-3-5-12(11)16-14(10)17-6-7-20-9-13(17)15(18)19/h2-5,8,13H,6-7,9H2,1H3,(H,18,19). The fourth-order valence-electron chi connectivity index (χ4n) is 2.56. The maximum Gasteiger partial charge on any atom is 0.327 e. The molecule has 104 valence electrons. The largest absolute Gasteiger partial charge is 0.480 e. The van der Waals surface area contributed by atoms with Crippen LogP contribution >= 0.6 is 11.8 Å². The maximum absolute atomic E-state index is 11.4. The normalized spacial score (nSPS) is 19.2. The highest BCUT2D eigenvalue weighted by Crippen LogP contribution is 2.28. The third-order valence-corrected chi connectivity index (χ3v) is 4.60. The van der Waals surface area contributed by atoms with E-state index in [0.29, 0.717) is 5.75 Å². The molecule has 1 aliphatic rings. The van der Waals surface area contributed by atoms with Gasteiger partial charge in [-0.2, -0.15) is 11.8 Å². The minimum atomic E-state index is -0.772. The summed E-state index contributed by atoms with van der Waals surface area (Å²) >= 11 is 1.69. The summed E-state index contributed by atoms with van der Waals surface area (Å²) in [7, 11) is 0. The van der Waals surface area contributed by atoms with Crippen molar-refractivity contribution >= 4 is 34.5 Å². The first-order valence-corrected chi connectivity index (χ1v) is 7.76. The highest BCUT2D eigenvalue weighted by Gasteiger charge is 2.30. The lowest BCUT2D eigenvalue weighted by Gasteiger charge is -2.34. The smallest absolute Gasteiger partial charge is 0.327 e. The molecule has 1 unspecified atom stereocenters. The number of aryl methyl sites for hydroxylation is 1. The highest BCUT2D eigenvalue weighted by molar-refractivity contribution is 7.99. The molecular weight excluding hydrogens is 272 g/mol. The van der Waals surface area contributed by atoms with E-state index in [1.165, 1.54) is 0 Å². The number of carbonyl (C=O) groups is 1. The second-order valence-electron chi connectivity index (χ2n) is 4.94. The lowest BCUT2D eigenvalue weighted by Crippen LogP contribution is -2.48. The number of thioether (sulfide) groups is 1. The van der Waals surface area contributed by atoms with Crippen molar-refractivity contribution in [3.8, 4) is 0 Å². The van der Waals surface area contributed by atoms with Crippen LogP contribution in [-0.4, -0.2) is 40.2 Å². The van der Waals surface area contributed by atoms with E-state index in [1.54, 1.807) is 11.8 Å². The van der Waals surface area contributed by atoms with Crippen molar-refractivity contribution in [2.24, 2.45) is 0 Å². The zero-order valence-electron chi connectivity index (χ0n) is 11.2. The Labute approximate surface area is 121 Å². The SMILES string of the molecule is Cc1cc2ccccc2nc1N1CCSCC1C(=O)O. The molecule has 1 atom stereocenters. The van der Waals surface area contributed by atoms with E-state index in [4.69, 9.17) is 0 Å². The van der Waals surface area contributed by atoms with Crippen LogP contribution in [0.1, 0.15) is 5.56 Å². The number of carboxylic acid groups (broad SMARTS) is 1. The summed E-state index contributed by atoms with van der Waals surface area (Å²) in [6.07, 6.45) is 0. The molecule has 4 nitrogen and oxygen atoms in total. The van der Waals surface area contributed by atoms with Crippen LogP contribution in [-0.2, 0) is 4.79 Å². The zero-order chi connectivity index (χ0) is 14.1. The van der Waals surface area contributed by atoms with Crippen molar-refractivity contribution < 1.29 is 9.90 Å². The van der Waals surface area contributed by atoms with E-state index in [-0.39, 0.29) is 0 Å². The summed E-state index contributed by atoms with van der Waals surface area (Å²) in [5.74, 6) is 1.59. The van der Waals surface area contributed by atoms with Gasteiger partial charge in [-0.05, 0) is 24.6 Å². The van der Waals surface area contributed by atoms with Crippen molar-refractivity contribution in [2.45, 2.75) is 13.0 Å². The van der Waals surface area contributed by atoms with Gasteiger partial charge in [-0.15, -0.1) is 0 Å². The third kappa shape index (κ3) is 2.33. The molecule has 2 aromatic rings. The van der Waals surface area contributed by atoms with Gasteiger partial charge >= 0.3 is 5.97 Å². The molecule has 0 saturated carbocycles. The lowest BCUT2D eigenvalue weighted by molar-refractivity contribution is -0.138. The van der Waals surface area contributed by atoms with Crippen molar-refractivity contribution in [3.05, 3.63) is 35.9 Å². The van der Waals surface area contributed by atoms with Crippen LogP contribution < -0.4 is 4.90 Å². The number of pyridine rings is 1. The number of nitrogens with zero attached hydrogens (tertiary/aromatic N) is 2. The number of anilines is 1. The molecule has 2 heterocycles. The summed E-state index contributed by atoms with van der Waals surface area (Å²) in [4.78, 5) is 18.0. The number of hydrogen-bond donors (Lipinski definition) is 1. The molecule has 1 aliphatic heterocycles. The molecule has 0 bridgehead atoms. The Morgan fingerprint density at radius 3 is 3.05 bits per heavy atom. The number of rotatable bonds is 2. The van der Waals surface area contributed by atoms with E-state index in [9.17, 15) is 9.90 Å². The minimum Gasteiger partial charge on any atom is -0.480 e. The van der Waals surface area contributed by atoms with Gasteiger partial charge in [-0.25, -0.2) is 9.78 Å². The summed E-state index contributed by atoms with van der Waals surface area (Å²) in [6.45, 7) is 2.73. The van der Waals surface area contributed by atoms with Crippen molar-refractivity contribution in [2.75, 3.05) is 23.0 Å². The van der Waals surface area contributed by atoms with Crippen molar-refractivity contribution in [1.29, 1.82) is 0 Å². The molecule has 1 fully saturated rings. The van der Waals surface area contributed by atoms with Crippen LogP contribution in [0.2, 0.25) is 0 Å². The van der Waals surface area contributed by atoms with Gasteiger partial charge in [-0.3, -0.25) is 0 Å². The molecule has 20 heavy (non-hydrogen) atoms. The van der Waals surface area contributed by atoms with Gasteiger partial charge in [0.05, 0.1) is 5.52 Å². The summed E-state index contributed by atoms with van der Waals surface area (Å²) < 4.78 is 0. The van der Waals surface area contributed by atoms with E-state index in [1.807, 2.05) is 36.1 Å². The average molecular weight is 288 g/mol. The molecule has 0 radical (unpaired) electrons. The topological polar surface area (TPSA) is 53.4 Å². The number of fused-ring (bicyclic) bond motifs is 1. The number of hydrogen-bond acceptors (Lipinski definition) is 4. The molecule has 0 amide bonds. The molecule has 1 aromatic heterocycles. The fourth-order valence-corrected chi connectivity index (χ4v) is 3.60. The van der Waals surface area contributed by atoms with Crippen LogP contribution in [0.25, 0.3) is 10.9 Å². The second-order valence-corrected chi connectivity index (χ2v) is 6.09. The van der Waals surface area contributed by atoms with Gasteiger partial charge in [-0.1, -0.05) is 18.2 Å². The van der Waals surface area contributed by atoms with Gasteiger partial charge < -0.3 is 10.0 Å². The molecule has 1 N–H and O–H groups in total. The van der Waals surface area contributed by atoms with E-state index >= 15 is 0 Å². The summed E-state index contributed by atoms with van der Waals surface area (Å²) in [6, 6.07) is 9.53. The number of aromatic nitrogens is 1. The summed E-state index contributed by atoms with van der Waals surface area (Å²) in [5.41, 5.74) is 1.94. The minimum absolute atomic E-state index is 0.485. The average Bonchev–Trinajstić information content (AvgIpc) is 2.46. The number of carboxylic acids is 1. The molecule has 1 aromatic carbocycles. The van der Waals surface area contributed by atoms with Gasteiger partial charge in [0, 0.05) is 23.4 Å². The van der Waals surface area contributed by atoms with Crippen LogP contribution in [0, 0.1) is 6.92 Å². The van der Waals surface area contributed by atoms with Gasteiger partial charge in [0.15, 0.2) is 0 Å². The zero-order valence-corrected chi connectivity index (χ0v) is 12.1. The highest BCUT2D eigenvalue weighted by atomic mass is 32.2. The van der Waals surface area contributed by atoms with Crippen molar-refractivity contribution in [1.82, 2.24) is 4.98 Å². The molecular formula is C15H16N2O2S. The number of benzene rings is 1. The molecule has 3 rings (SSSR count). The molecule has 0 aliphatic carbocycles. The first kappa shape index (κ1) is 13.2. The molecule has 1 saturated heterocycles. The Morgan fingerprint density at radius 2 is 2.25 bits per heavy atom. The number of aliphatic carboxylic acids is 1. The van der Waals surface area contributed by atoms with Gasteiger partial charge in [0.25, 0.3) is 0 Å².